The van der Waals surface area contributed by atoms with Crippen molar-refractivity contribution in [2.45, 2.75) is 46.1 Å². The zero-order valence-corrected chi connectivity index (χ0v) is 12.6. The Bertz CT molecular complexity index is 518. The van der Waals surface area contributed by atoms with Gasteiger partial charge < -0.3 is 4.90 Å². The third kappa shape index (κ3) is 4.51. The number of amides is 1. The molecule has 0 saturated carbocycles. The van der Waals surface area contributed by atoms with E-state index in [4.69, 9.17) is 0 Å². The Balaban J connectivity index is 2.93. The number of nitro groups is 1. The lowest BCUT2D eigenvalue weighted by Crippen LogP contribution is -2.37. The number of nitro benzene ring substituents is 1. The molecule has 0 N–H and O–H groups in total. The van der Waals surface area contributed by atoms with Crippen LogP contribution in [-0.4, -0.2) is 28.3 Å². The average Bonchev–Trinajstić information content (AvgIpc) is 2.42. The maximum absolute atomic E-state index is 13.6. The molecule has 1 aromatic carbocycles. The molecule has 0 aliphatic heterocycles. The second-order valence-corrected chi connectivity index (χ2v) is 5.22. The number of carbonyl (C=O) groups is 1. The fourth-order valence-corrected chi connectivity index (χ4v) is 2.08. The first kappa shape index (κ1) is 17.1. The molecule has 0 fully saturated rings. The number of halogens is 1. The minimum atomic E-state index is -0.983. The third-order valence-electron chi connectivity index (χ3n) is 3.28. The van der Waals surface area contributed by atoms with Gasteiger partial charge in [0.15, 0.2) is 0 Å². The molecule has 0 spiro atoms. The fourth-order valence-electron chi connectivity index (χ4n) is 2.08. The van der Waals surface area contributed by atoms with Crippen molar-refractivity contribution in [1.29, 1.82) is 0 Å². The van der Waals surface area contributed by atoms with E-state index in [1.165, 1.54) is 6.07 Å². The van der Waals surface area contributed by atoms with Crippen molar-refractivity contribution in [3.63, 3.8) is 0 Å². The van der Waals surface area contributed by atoms with E-state index in [9.17, 15) is 19.3 Å². The molecule has 1 aromatic rings. The van der Waals surface area contributed by atoms with E-state index in [-0.39, 0.29) is 17.5 Å². The summed E-state index contributed by atoms with van der Waals surface area (Å²) in [5.74, 6) is -1.28. The highest BCUT2D eigenvalue weighted by Gasteiger charge is 2.21. The van der Waals surface area contributed by atoms with E-state index in [0.717, 1.165) is 31.4 Å². The second kappa shape index (κ2) is 7.71. The SMILES string of the molecule is CCCCCN(C(=O)c1ccc([N+](=O)[O-])c(F)c1)C(C)C. The molecule has 6 heteroatoms. The maximum Gasteiger partial charge on any atom is 0.304 e. The first-order chi connectivity index (χ1) is 9.88. The molecule has 0 unspecified atom stereocenters. The number of carbonyl (C=O) groups excluding carboxylic acids is 1. The van der Waals surface area contributed by atoms with E-state index in [1.54, 1.807) is 4.90 Å². The monoisotopic (exact) mass is 296 g/mol. The Hall–Kier alpha value is -1.98. The number of hydrogen-bond acceptors (Lipinski definition) is 3. The largest absolute Gasteiger partial charge is 0.336 e. The molecule has 0 aromatic heterocycles. The zero-order valence-electron chi connectivity index (χ0n) is 12.6. The van der Waals surface area contributed by atoms with Crippen molar-refractivity contribution in [3.05, 3.63) is 39.7 Å². The van der Waals surface area contributed by atoms with Gasteiger partial charge in [0.1, 0.15) is 0 Å². The van der Waals surface area contributed by atoms with Gasteiger partial charge in [-0.15, -0.1) is 0 Å². The van der Waals surface area contributed by atoms with Crippen LogP contribution in [0.3, 0.4) is 0 Å². The smallest absolute Gasteiger partial charge is 0.304 e. The lowest BCUT2D eigenvalue weighted by Gasteiger charge is -2.27. The zero-order chi connectivity index (χ0) is 16.0. The quantitative estimate of drug-likeness (QED) is 0.437. The number of benzene rings is 1. The molecule has 0 bridgehead atoms. The van der Waals surface area contributed by atoms with Crippen molar-refractivity contribution < 1.29 is 14.1 Å². The van der Waals surface area contributed by atoms with Gasteiger partial charge in [-0.1, -0.05) is 19.8 Å². The van der Waals surface area contributed by atoms with Crippen LogP contribution in [0.15, 0.2) is 18.2 Å². The lowest BCUT2D eigenvalue weighted by atomic mass is 10.1. The van der Waals surface area contributed by atoms with Crippen LogP contribution in [0.4, 0.5) is 10.1 Å². The predicted octanol–water partition coefficient (Wildman–Crippen LogP) is 3.77. The molecule has 116 valence electrons. The van der Waals surface area contributed by atoms with Crippen molar-refractivity contribution in [2.75, 3.05) is 6.54 Å². The van der Waals surface area contributed by atoms with Gasteiger partial charge in [0.05, 0.1) is 4.92 Å². The second-order valence-electron chi connectivity index (χ2n) is 5.22. The minimum Gasteiger partial charge on any atom is -0.336 e. The summed E-state index contributed by atoms with van der Waals surface area (Å²) < 4.78 is 13.6. The van der Waals surface area contributed by atoms with Gasteiger partial charge in [-0.25, -0.2) is 0 Å². The summed E-state index contributed by atoms with van der Waals surface area (Å²) in [6.45, 7) is 6.47. The van der Waals surface area contributed by atoms with Crippen LogP contribution in [0.5, 0.6) is 0 Å². The normalized spacial score (nSPS) is 10.7. The Morgan fingerprint density at radius 1 is 1.38 bits per heavy atom. The van der Waals surface area contributed by atoms with Crippen LogP contribution in [0.25, 0.3) is 0 Å². The number of rotatable bonds is 7. The molecule has 5 nitrogen and oxygen atoms in total. The predicted molar refractivity (Wildman–Crippen MR) is 78.8 cm³/mol. The summed E-state index contributed by atoms with van der Waals surface area (Å²) in [5.41, 5.74) is -0.475. The Morgan fingerprint density at radius 2 is 2.05 bits per heavy atom. The molecule has 1 amide bonds. The molecule has 0 aliphatic rings. The van der Waals surface area contributed by atoms with Crippen molar-refractivity contribution in [3.8, 4) is 0 Å². The lowest BCUT2D eigenvalue weighted by molar-refractivity contribution is -0.387. The molecule has 0 radical (unpaired) electrons. The first-order valence-electron chi connectivity index (χ1n) is 7.13. The summed E-state index contributed by atoms with van der Waals surface area (Å²) >= 11 is 0. The topological polar surface area (TPSA) is 63.5 Å². The highest BCUT2D eigenvalue weighted by molar-refractivity contribution is 5.94. The van der Waals surface area contributed by atoms with E-state index in [2.05, 4.69) is 6.92 Å². The fraction of sp³-hybridized carbons (Fsp3) is 0.533. The number of nitrogens with zero attached hydrogens (tertiary/aromatic N) is 2. The van der Waals surface area contributed by atoms with Crippen molar-refractivity contribution in [2.24, 2.45) is 0 Å². The number of unbranched alkanes of at least 4 members (excludes halogenated alkanes) is 2. The van der Waals surface area contributed by atoms with Crippen LogP contribution in [0.2, 0.25) is 0 Å². The maximum atomic E-state index is 13.6. The van der Waals surface area contributed by atoms with Crippen LogP contribution in [-0.2, 0) is 0 Å². The van der Waals surface area contributed by atoms with Gasteiger partial charge in [0.2, 0.25) is 5.82 Å². The minimum absolute atomic E-state index is 0.00684. The molecule has 0 atom stereocenters. The molecular weight excluding hydrogens is 275 g/mol. The van der Waals surface area contributed by atoms with E-state index < -0.39 is 16.4 Å². The van der Waals surface area contributed by atoms with Gasteiger partial charge in [-0.3, -0.25) is 14.9 Å². The van der Waals surface area contributed by atoms with Gasteiger partial charge >= 0.3 is 5.69 Å². The average molecular weight is 296 g/mol. The van der Waals surface area contributed by atoms with Crippen LogP contribution >= 0.6 is 0 Å². The molecule has 0 heterocycles. The Morgan fingerprint density at radius 3 is 2.52 bits per heavy atom. The van der Waals surface area contributed by atoms with Gasteiger partial charge in [-0.2, -0.15) is 4.39 Å². The van der Waals surface area contributed by atoms with Gasteiger partial charge in [-0.05, 0) is 32.4 Å². The molecule has 1 rings (SSSR count). The highest BCUT2D eigenvalue weighted by Crippen LogP contribution is 2.20. The van der Waals surface area contributed by atoms with Crippen LogP contribution in [0, 0.1) is 15.9 Å². The molecule has 21 heavy (non-hydrogen) atoms. The molecule has 0 saturated heterocycles. The number of hydrogen-bond donors (Lipinski definition) is 0. The van der Waals surface area contributed by atoms with E-state index in [0.29, 0.717) is 6.54 Å². The third-order valence-corrected chi connectivity index (χ3v) is 3.28. The van der Waals surface area contributed by atoms with Crippen LogP contribution in [0.1, 0.15) is 50.4 Å². The summed E-state index contributed by atoms with van der Waals surface area (Å²) in [6.07, 6.45) is 2.95. The van der Waals surface area contributed by atoms with Crippen LogP contribution < -0.4 is 0 Å². The summed E-state index contributed by atoms with van der Waals surface area (Å²) in [5, 5.41) is 10.6. The van der Waals surface area contributed by atoms with Crippen molar-refractivity contribution in [1.82, 2.24) is 4.90 Å². The Kier molecular flexibility index (Phi) is 6.27. The van der Waals surface area contributed by atoms with E-state index in [1.807, 2.05) is 13.8 Å². The summed E-state index contributed by atoms with van der Waals surface area (Å²) in [7, 11) is 0. The summed E-state index contributed by atoms with van der Waals surface area (Å²) in [6, 6.07) is 3.27. The first-order valence-corrected chi connectivity index (χ1v) is 7.13. The van der Waals surface area contributed by atoms with Gasteiger partial charge in [0.25, 0.3) is 5.91 Å². The molecule has 0 aliphatic carbocycles. The highest BCUT2D eigenvalue weighted by atomic mass is 19.1. The van der Waals surface area contributed by atoms with Gasteiger partial charge in [0, 0.05) is 24.2 Å². The van der Waals surface area contributed by atoms with Crippen molar-refractivity contribution >= 4 is 11.6 Å². The standard InChI is InChI=1S/C15H21FN2O3/c1-4-5-6-9-17(11(2)3)15(19)12-7-8-14(18(20)21)13(16)10-12/h7-8,10-11H,4-6,9H2,1-3H3. The van der Waals surface area contributed by atoms with E-state index >= 15 is 0 Å². The summed E-state index contributed by atoms with van der Waals surface area (Å²) in [4.78, 5) is 23.9. The Labute approximate surface area is 123 Å². The molecular formula is C15H21FN2O3.